The Morgan fingerprint density at radius 1 is 0.967 bits per heavy atom. The fraction of sp³-hybridized carbons (Fsp3) is 0.208. The van der Waals surface area contributed by atoms with Crippen LogP contribution in [0.25, 0.3) is 0 Å². The zero-order chi connectivity index (χ0) is 21.1. The Bertz CT molecular complexity index is 1170. The van der Waals surface area contributed by atoms with E-state index in [-0.39, 0.29) is 16.8 Å². The maximum atomic E-state index is 12.9. The van der Waals surface area contributed by atoms with Crippen LogP contribution in [0.1, 0.15) is 45.9 Å². The molecule has 0 radical (unpaired) electrons. The van der Waals surface area contributed by atoms with Crippen molar-refractivity contribution in [3.8, 4) is 0 Å². The summed E-state index contributed by atoms with van der Waals surface area (Å²) in [5.74, 6) is -0.215. The van der Waals surface area contributed by atoms with E-state index in [0.29, 0.717) is 11.3 Å². The number of aryl methyl sites for hydroxylation is 2. The summed E-state index contributed by atoms with van der Waals surface area (Å²) in [6.45, 7) is 1.90. The second-order valence-corrected chi connectivity index (χ2v) is 9.30. The number of hydrogen-bond donors (Lipinski definition) is 2. The fourth-order valence-electron chi connectivity index (χ4n) is 3.80. The van der Waals surface area contributed by atoms with Crippen molar-refractivity contribution in [2.45, 2.75) is 37.1 Å². The van der Waals surface area contributed by atoms with Gasteiger partial charge < -0.3 is 5.32 Å². The van der Waals surface area contributed by atoms with Gasteiger partial charge in [0.1, 0.15) is 0 Å². The van der Waals surface area contributed by atoms with Crippen LogP contribution >= 0.6 is 0 Å². The number of rotatable bonds is 5. The third kappa shape index (κ3) is 4.39. The minimum atomic E-state index is -3.72. The molecule has 1 aliphatic carbocycles. The Labute approximate surface area is 177 Å². The first-order valence-electron chi connectivity index (χ1n) is 10.0. The fourth-order valence-corrected chi connectivity index (χ4v) is 4.85. The molecule has 2 N–H and O–H groups in total. The predicted molar refractivity (Wildman–Crippen MR) is 118 cm³/mol. The van der Waals surface area contributed by atoms with Crippen molar-refractivity contribution >= 4 is 21.6 Å². The van der Waals surface area contributed by atoms with Crippen LogP contribution in [0.2, 0.25) is 0 Å². The van der Waals surface area contributed by atoms with Gasteiger partial charge in [0.25, 0.3) is 15.9 Å². The predicted octanol–water partition coefficient (Wildman–Crippen LogP) is 4.60. The van der Waals surface area contributed by atoms with Gasteiger partial charge in [0, 0.05) is 11.3 Å². The van der Waals surface area contributed by atoms with Crippen LogP contribution in [-0.4, -0.2) is 14.3 Å². The van der Waals surface area contributed by atoms with Gasteiger partial charge in [-0.05, 0) is 67.6 Å². The second-order valence-electron chi connectivity index (χ2n) is 7.62. The average Bonchev–Trinajstić information content (AvgIpc) is 2.74. The number of sulfonamides is 1. The van der Waals surface area contributed by atoms with Crippen LogP contribution in [0.4, 0.5) is 5.69 Å². The molecule has 30 heavy (non-hydrogen) atoms. The van der Waals surface area contributed by atoms with Crippen LogP contribution in [0.5, 0.6) is 0 Å². The lowest BCUT2D eigenvalue weighted by atomic mass is 9.87. The molecule has 0 aliphatic heterocycles. The largest absolute Gasteiger partial charge is 0.345 e. The molecule has 0 fully saturated rings. The van der Waals surface area contributed by atoms with E-state index in [1.807, 2.05) is 19.1 Å². The first-order valence-corrected chi connectivity index (χ1v) is 11.5. The smallest absolute Gasteiger partial charge is 0.261 e. The van der Waals surface area contributed by atoms with E-state index in [1.54, 1.807) is 48.5 Å². The molecule has 0 bridgehead atoms. The zero-order valence-electron chi connectivity index (χ0n) is 16.8. The van der Waals surface area contributed by atoms with Crippen molar-refractivity contribution in [3.63, 3.8) is 0 Å². The highest BCUT2D eigenvalue weighted by Gasteiger charge is 2.22. The highest BCUT2D eigenvalue weighted by molar-refractivity contribution is 7.92. The normalized spacial score (nSPS) is 15.8. The van der Waals surface area contributed by atoms with Crippen LogP contribution in [-0.2, 0) is 16.4 Å². The SMILES string of the molecule is Cc1ccc(S(=O)(=O)Nc2cccc(C(=O)NC3CCCc4ccccc43)c2)cc1. The van der Waals surface area contributed by atoms with Crippen LogP contribution in [0.15, 0.2) is 77.7 Å². The average molecular weight is 421 g/mol. The number of nitrogens with one attached hydrogen (secondary N) is 2. The topological polar surface area (TPSA) is 75.3 Å². The monoisotopic (exact) mass is 420 g/mol. The summed E-state index contributed by atoms with van der Waals surface area (Å²) in [5, 5.41) is 3.10. The van der Waals surface area contributed by atoms with Crippen molar-refractivity contribution in [3.05, 3.63) is 95.1 Å². The summed E-state index contributed by atoms with van der Waals surface area (Å²) >= 11 is 0. The maximum Gasteiger partial charge on any atom is 0.261 e. The van der Waals surface area contributed by atoms with E-state index in [1.165, 1.54) is 5.56 Å². The molecule has 1 atom stereocenters. The number of carbonyl (C=O) groups excluding carboxylic acids is 1. The van der Waals surface area contributed by atoms with Gasteiger partial charge in [0.15, 0.2) is 0 Å². The van der Waals surface area contributed by atoms with Gasteiger partial charge in [-0.15, -0.1) is 0 Å². The molecule has 0 saturated carbocycles. The highest BCUT2D eigenvalue weighted by atomic mass is 32.2. The van der Waals surface area contributed by atoms with Gasteiger partial charge >= 0.3 is 0 Å². The third-order valence-corrected chi connectivity index (χ3v) is 6.78. The minimum Gasteiger partial charge on any atom is -0.345 e. The van der Waals surface area contributed by atoms with Crippen molar-refractivity contribution in [1.82, 2.24) is 5.32 Å². The van der Waals surface area contributed by atoms with E-state index in [0.717, 1.165) is 30.4 Å². The number of amides is 1. The molecule has 4 rings (SSSR count). The Kier molecular flexibility index (Phi) is 5.59. The summed E-state index contributed by atoms with van der Waals surface area (Å²) in [4.78, 5) is 13.0. The van der Waals surface area contributed by atoms with Gasteiger partial charge in [0.05, 0.1) is 10.9 Å². The number of benzene rings is 3. The molecular formula is C24H24N2O3S. The molecule has 1 aliphatic rings. The van der Waals surface area contributed by atoms with Crippen LogP contribution < -0.4 is 10.0 Å². The number of hydrogen-bond acceptors (Lipinski definition) is 3. The summed E-state index contributed by atoms with van der Waals surface area (Å²) in [6.07, 6.45) is 2.94. The van der Waals surface area contributed by atoms with Gasteiger partial charge in [-0.1, -0.05) is 48.0 Å². The van der Waals surface area contributed by atoms with Crippen molar-refractivity contribution < 1.29 is 13.2 Å². The van der Waals surface area contributed by atoms with E-state index in [9.17, 15) is 13.2 Å². The van der Waals surface area contributed by atoms with E-state index >= 15 is 0 Å². The Balaban J connectivity index is 1.51. The molecule has 3 aromatic rings. The summed E-state index contributed by atoms with van der Waals surface area (Å²) in [5.41, 5.74) is 4.19. The molecule has 6 heteroatoms. The van der Waals surface area contributed by atoms with Crippen LogP contribution in [0.3, 0.4) is 0 Å². The molecule has 5 nitrogen and oxygen atoms in total. The van der Waals surface area contributed by atoms with Crippen molar-refractivity contribution in [1.29, 1.82) is 0 Å². The van der Waals surface area contributed by atoms with E-state index in [2.05, 4.69) is 22.2 Å². The highest BCUT2D eigenvalue weighted by Crippen LogP contribution is 2.29. The molecule has 0 heterocycles. The molecule has 0 aromatic heterocycles. The Morgan fingerprint density at radius 3 is 2.53 bits per heavy atom. The lowest BCUT2D eigenvalue weighted by Crippen LogP contribution is -2.31. The molecule has 3 aromatic carbocycles. The number of anilines is 1. The van der Waals surface area contributed by atoms with Gasteiger partial charge in [-0.3, -0.25) is 9.52 Å². The zero-order valence-corrected chi connectivity index (χ0v) is 17.6. The van der Waals surface area contributed by atoms with Gasteiger partial charge in [-0.25, -0.2) is 8.42 Å². The maximum absolute atomic E-state index is 12.9. The second kappa shape index (κ2) is 8.32. The molecule has 1 unspecified atom stereocenters. The molecule has 1 amide bonds. The lowest BCUT2D eigenvalue weighted by molar-refractivity contribution is 0.0932. The molecule has 0 saturated heterocycles. The number of fused-ring (bicyclic) bond motifs is 1. The number of carbonyl (C=O) groups is 1. The van der Waals surface area contributed by atoms with Crippen LogP contribution in [0, 0.1) is 6.92 Å². The lowest BCUT2D eigenvalue weighted by Gasteiger charge is -2.26. The van der Waals surface area contributed by atoms with E-state index < -0.39 is 10.0 Å². The Hall–Kier alpha value is -3.12. The summed E-state index contributed by atoms with van der Waals surface area (Å²) in [7, 11) is -3.72. The summed E-state index contributed by atoms with van der Waals surface area (Å²) in [6, 6.07) is 21.3. The van der Waals surface area contributed by atoms with Crippen molar-refractivity contribution in [2.75, 3.05) is 4.72 Å². The standard InChI is InChI=1S/C24H24N2O3S/c1-17-12-14-21(15-13-17)30(28,29)26-20-9-4-8-19(16-20)24(27)25-23-11-5-7-18-6-2-3-10-22(18)23/h2-4,6,8-10,12-16,23,26H,5,7,11H2,1H3,(H,25,27). The molecule has 154 valence electrons. The van der Waals surface area contributed by atoms with Gasteiger partial charge in [-0.2, -0.15) is 0 Å². The minimum absolute atomic E-state index is 0.0321. The first-order chi connectivity index (χ1) is 14.4. The quantitative estimate of drug-likeness (QED) is 0.633. The molecule has 0 spiro atoms. The Morgan fingerprint density at radius 2 is 1.73 bits per heavy atom. The molecular weight excluding hydrogens is 396 g/mol. The summed E-state index contributed by atoms with van der Waals surface area (Å²) < 4.78 is 27.8. The van der Waals surface area contributed by atoms with Gasteiger partial charge in [0.2, 0.25) is 0 Å². The van der Waals surface area contributed by atoms with Crippen molar-refractivity contribution in [2.24, 2.45) is 0 Å². The first kappa shape index (κ1) is 20.2. The third-order valence-electron chi connectivity index (χ3n) is 5.38. The van der Waals surface area contributed by atoms with E-state index in [4.69, 9.17) is 0 Å².